The number of hydrogen-bond donors (Lipinski definition) is 1. The van der Waals surface area contributed by atoms with Crippen molar-refractivity contribution in [2.24, 2.45) is 0 Å². The highest BCUT2D eigenvalue weighted by Gasteiger charge is 2.13. The predicted molar refractivity (Wildman–Crippen MR) is 88.2 cm³/mol. The van der Waals surface area contributed by atoms with Crippen molar-refractivity contribution in [1.82, 2.24) is 0 Å². The van der Waals surface area contributed by atoms with Crippen molar-refractivity contribution in [2.45, 2.75) is 19.4 Å². The largest absolute Gasteiger partial charge is 0.496 e. The summed E-state index contributed by atoms with van der Waals surface area (Å²) in [7, 11) is 1.64. The van der Waals surface area contributed by atoms with Gasteiger partial charge in [0.2, 0.25) is 0 Å². The van der Waals surface area contributed by atoms with Crippen molar-refractivity contribution in [2.75, 3.05) is 7.11 Å². The molecule has 0 saturated heterocycles. The Balaban J connectivity index is 2.21. The van der Waals surface area contributed by atoms with Gasteiger partial charge in [-0.25, -0.2) is 0 Å². The van der Waals surface area contributed by atoms with Crippen molar-refractivity contribution >= 4 is 31.9 Å². The first-order chi connectivity index (χ1) is 9.52. The Morgan fingerprint density at radius 2 is 1.90 bits per heavy atom. The van der Waals surface area contributed by atoms with Crippen LogP contribution in [0.25, 0.3) is 0 Å². The Morgan fingerprint density at radius 3 is 2.55 bits per heavy atom. The minimum atomic E-state index is -0.521. The van der Waals surface area contributed by atoms with E-state index in [0.29, 0.717) is 6.42 Å². The van der Waals surface area contributed by atoms with Crippen LogP contribution in [0.3, 0.4) is 0 Å². The molecule has 1 N–H and O–H groups in total. The summed E-state index contributed by atoms with van der Waals surface area (Å²) in [5.41, 5.74) is 3.09. The molecular formula is C16H16Br2O2. The van der Waals surface area contributed by atoms with Gasteiger partial charge in [-0.1, -0.05) is 34.1 Å². The normalized spacial score (nSPS) is 12.2. The highest BCUT2D eigenvalue weighted by Crippen LogP contribution is 2.30. The SMILES string of the molecule is COc1ccc(CC(O)c2cccc(Br)c2C)cc1Br. The lowest BCUT2D eigenvalue weighted by Gasteiger charge is -2.15. The molecule has 4 heteroatoms. The maximum atomic E-state index is 10.4. The Morgan fingerprint density at radius 1 is 1.15 bits per heavy atom. The number of benzene rings is 2. The highest BCUT2D eigenvalue weighted by molar-refractivity contribution is 9.10. The van der Waals surface area contributed by atoms with E-state index in [4.69, 9.17) is 4.74 Å². The molecule has 0 radical (unpaired) electrons. The fourth-order valence-corrected chi connectivity index (χ4v) is 3.12. The molecule has 0 aliphatic carbocycles. The topological polar surface area (TPSA) is 29.5 Å². The standard InChI is InChI=1S/C16H16Br2O2/c1-10-12(4-3-5-13(10)17)15(19)9-11-6-7-16(20-2)14(18)8-11/h3-8,15,19H,9H2,1-2H3. The number of aliphatic hydroxyl groups excluding tert-OH is 1. The van der Waals surface area contributed by atoms with Gasteiger partial charge in [-0.05, 0) is 57.7 Å². The summed E-state index contributed by atoms with van der Waals surface area (Å²) < 4.78 is 7.13. The highest BCUT2D eigenvalue weighted by atomic mass is 79.9. The molecule has 0 aromatic heterocycles. The van der Waals surface area contributed by atoms with E-state index in [-0.39, 0.29) is 0 Å². The van der Waals surface area contributed by atoms with Crippen LogP contribution in [0.2, 0.25) is 0 Å². The van der Waals surface area contributed by atoms with E-state index in [2.05, 4.69) is 31.9 Å². The Labute approximate surface area is 136 Å². The second kappa shape index (κ2) is 6.74. The smallest absolute Gasteiger partial charge is 0.133 e. The summed E-state index contributed by atoms with van der Waals surface area (Å²) in [5.74, 6) is 0.793. The van der Waals surface area contributed by atoms with Gasteiger partial charge in [-0.3, -0.25) is 0 Å². The first-order valence-electron chi connectivity index (χ1n) is 6.28. The van der Waals surface area contributed by atoms with Crippen LogP contribution in [0.1, 0.15) is 22.8 Å². The molecule has 0 aliphatic rings. The van der Waals surface area contributed by atoms with Crippen molar-refractivity contribution in [3.63, 3.8) is 0 Å². The first kappa shape index (κ1) is 15.5. The summed E-state index contributed by atoms with van der Waals surface area (Å²) in [5, 5.41) is 10.4. The van der Waals surface area contributed by atoms with Gasteiger partial charge in [0.1, 0.15) is 5.75 Å². The fourth-order valence-electron chi connectivity index (χ4n) is 2.16. The number of methoxy groups -OCH3 is 1. The summed E-state index contributed by atoms with van der Waals surface area (Å²) in [6.07, 6.45) is 0.0488. The van der Waals surface area contributed by atoms with Crippen molar-refractivity contribution in [3.05, 3.63) is 62.0 Å². The number of rotatable bonds is 4. The monoisotopic (exact) mass is 398 g/mol. The lowest BCUT2D eigenvalue weighted by molar-refractivity contribution is 0.177. The van der Waals surface area contributed by atoms with Crippen LogP contribution in [-0.2, 0) is 6.42 Å². The molecule has 0 saturated carbocycles. The van der Waals surface area contributed by atoms with E-state index in [9.17, 15) is 5.11 Å². The Kier molecular flexibility index (Phi) is 5.24. The molecule has 0 fully saturated rings. The molecule has 20 heavy (non-hydrogen) atoms. The molecule has 106 valence electrons. The van der Waals surface area contributed by atoms with Gasteiger partial charge in [-0.2, -0.15) is 0 Å². The number of hydrogen-bond acceptors (Lipinski definition) is 2. The van der Waals surface area contributed by atoms with Crippen molar-refractivity contribution < 1.29 is 9.84 Å². The Bertz CT molecular complexity index is 611. The van der Waals surface area contributed by atoms with Gasteiger partial charge >= 0.3 is 0 Å². The Hall–Kier alpha value is -0.840. The van der Waals surface area contributed by atoms with Crippen LogP contribution in [0, 0.1) is 6.92 Å². The number of aliphatic hydroxyl groups is 1. The van der Waals surface area contributed by atoms with E-state index in [0.717, 1.165) is 31.4 Å². The summed E-state index contributed by atoms with van der Waals surface area (Å²) in [6, 6.07) is 11.7. The second-order valence-corrected chi connectivity index (χ2v) is 6.35. The van der Waals surface area contributed by atoms with Crippen molar-refractivity contribution in [3.8, 4) is 5.75 Å². The van der Waals surface area contributed by atoms with Gasteiger partial charge in [0.25, 0.3) is 0 Å². The van der Waals surface area contributed by atoms with Crippen LogP contribution < -0.4 is 4.74 Å². The molecule has 0 spiro atoms. The molecule has 2 aromatic rings. The average molecular weight is 400 g/mol. The average Bonchev–Trinajstić information content (AvgIpc) is 2.42. The van der Waals surface area contributed by atoms with E-state index >= 15 is 0 Å². The molecular weight excluding hydrogens is 384 g/mol. The molecule has 1 atom stereocenters. The molecule has 2 nitrogen and oxygen atoms in total. The number of ether oxygens (including phenoxy) is 1. The van der Waals surface area contributed by atoms with Crippen LogP contribution in [0.4, 0.5) is 0 Å². The van der Waals surface area contributed by atoms with E-state index < -0.39 is 6.10 Å². The molecule has 0 amide bonds. The third-order valence-corrected chi connectivity index (χ3v) is 4.79. The van der Waals surface area contributed by atoms with Gasteiger partial charge in [0, 0.05) is 10.9 Å². The van der Waals surface area contributed by atoms with Gasteiger partial charge in [-0.15, -0.1) is 0 Å². The minimum Gasteiger partial charge on any atom is -0.496 e. The molecule has 0 aliphatic heterocycles. The molecule has 0 bridgehead atoms. The maximum absolute atomic E-state index is 10.4. The quantitative estimate of drug-likeness (QED) is 0.799. The van der Waals surface area contributed by atoms with Crippen LogP contribution in [0.5, 0.6) is 5.75 Å². The molecule has 1 unspecified atom stereocenters. The zero-order valence-corrected chi connectivity index (χ0v) is 14.5. The zero-order valence-electron chi connectivity index (χ0n) is 11.4. The zero-order chi connectivity index (χ0) is 14.7. The third-order valence-electron chi connectivity index (χ3n) is 3.31. The summed E-state index contributed by atoms with van der Waals surface area (Å²) in [4.78, 5) is 0. The molecule has 0 heterocycles. The van der Waals surface area contributed by atoms with Crippen molar-refractivity contribution in [1.29, 1.82) is 0 Å². The second-order valence-electron chi connectivity index (χ2n) is 4.64. The van der Waals surface area contributed by atoms with E-state index in [1.165, 1.54) is 0 Å². The van der Waals surface area contributed by atoms with Crippen LogP contribution in [-0.4, -0.2) is 12.2 Å². The van der Waals surface area contributed by atoms with E-state index in [1.54, 1.807) is 7.11 Å². The fraction of sp³-hybridized carbons (Fsp3) is 0.250. The van der Waals surface area contributed by atoms with Gasteiger partial charge in [0.05, 0.1) is 17.7 Å². The summed E-state index contributed by atoms with van der Waals surface area (Å²) >= 11 is 6.96. The van der Waals surface area contributed by atoms with E-state index in [1.807, 2.05) is 43.3 Å². The lowest BCUT2D eigenvalue weighted by atomic mass is 9.98. The minimum absolute atomic E-state index is 0.521. The predicted octanol–water partition coefficient (Wildman–Crippen LogP) is 4.80. The first-order valence-corrected chi connectivity index (χ1v) is 7.87. The van der Waals surface area contributed by atoms with Gasteiger partial charge in [0.15, 0.2) is 0 Å². The number of halogens is 2. The third kappa shape index (κ3) is 3.43. The molecule has 2 aromatic carbocycles. The van der Waals surface area contributed by atoms with Gasteiger partial charge < -0.3 is 9.84 Å². The lowest BCUT2D eigenvalue weighted by Crippen LogP contribution is -2.04. The van der Waals surface area contributed by atoms with Crippen LogP contribution >= 0.6 is 31.9 Å². The van der Waals surface area contributed by atoms with Crippen LogP contribution in [0.15, 0.2) is 45.3 Å². The summed E-state index contributed by atoms with van der Waals surface area (Å²) in [6.45, 7) is 2.01. The maximum Gasteiger partial charge on any atom is 0.133 e. The molecule has 2 rings (SSSR count).